The number of thioether (sulfide) groups is 1. The van der Waals surface area contributed by atoms with Gasteiger partial charge in [-0.2, -0.15) is 8.78 Å². The Kier molecular flexibility index (Phi) is 6.54. The van der Waals surface area contributed by atoms with Gasteiger partial charge < -0.3 is 10.1 Å². The van der Waals surface area contributed by atoms with Gasteiger partial charge in [-0.25, -0.2) is 9.37 Å². The van der Waals surface area contributed by atoms with Crippen LogP contribution in [0.1, 0.15) is 15.9 Å². The van der Waals surface area contributed by atoms with Crippen molar-refractivity contribution in [3.8, 4) is 5.75 Å². The molecule has 4 nitrogen and oxygen atoms in total. The molecule has 0 fully saturated rings. The summed E-state index contributed by atoms with van der Waals surface area (Å²) < 4.78 is 44.1. The van der Waals surface area contributed by atoms with Crippen LogP contribution in [0.5, 0.6) is 5.75 Å². The minimum absolute atomic E-state index is 0.0477. The van der Waals surface area contributed by atoms with Gasteiger partial charge in [0.1, 0.15) is 23.2 Å². The number of anilines is 1. The van der Waals surface area contributed by atoms with Gasteiger partial charge in [0.25, 0.3) is 11.7 Å². The summed E-state index contributed by atoms with van der Waals surface area (Å²) in [4.78, 5) is 16.3. The van der Waals surface area contributed by atoms with Crippen molar-refractivity contribution in [1.82, 2.24) is 4.98 Å². The highest BCUT2D eigenvalue weighted by atomic mass is 32.2. The summed E-state index contributed by atoms with van der Waals surface area (Å²) in [6.45, 7) is 0.160. The maximum atomic E-state index is 13.2. The largest absolute Gasteiger partial charge is 0.489 e. The van der Waals surface area contributed by atoms with Crippen molar-refractivity contribution in [1.29, 1.82) is 0 Å². The fraction of sp³-hybridized carbons (Fsp3) is 0.100. The fourth-order valence-corrected chi connectivity index (χ4v) is 2.98. The van der Waals surface area contributed by atoms with E-state index in [-0.39, 0.29) is 34.8 Å². The zero-order chi connectivity index (χ0) is 19.9. The molecule has 2 aromatic carbocycles. The predicted molar refractivity (Wildman–Crippen MR) is 101 cm³/mol. The van der Waals surface area contributed by atoms with Gasteiger partial charge in [0.15, 0.2) is 0 Å². The van der Waals surface area contributed by atoms with E-state index >= 15 is 0 Å². The Morgan fingerprint density at radius 2 is 1.93 bits per heavy atom. The van der Waals surface area contributed by atoms with Crippen LogP contribution >= 0.6 is 11.8 Å². The summed E-state index contributed by atoms with van der Waals surface area (Å²) in [5, 5.41) is 2.59. The lowest BCUT2D eigenvalue weighted by Crippen LogP contribution is -2.14. The molecule has 1 amide bonds. The number of aromatic nitrogens is 1. The summed E-state index contributed by atoms with van der Waals surface area (Å²) in [5.41, 5.74) is 1.15. The fourth-order valence-electron chi connectivity index (χ4n) is 2.40. The van der Waals surface area contributed by atoms with E-state index in [2.05, 4.69) is 10.3 Å². The van der Waals surface area contributed by atoms with Crippen molar-refractivity contribution in [2.24, 2.45) is 0 Å². The second kappa shape index (κ2) is 9.27. The molecule has 0 saturated carbocycles. The second-order valence-electron chi connectivity index (χ2n) is 5.64. The van der Waals surface area contributed by atoms with E-state index < -0.39 is 11.7 Å². The van der Waals surface area contributed by atoms with Gasteiger partial charge in [0.2, 0.25) is 0 Å². The van der Waals surface area contributed by atoms with Crippen LogP contribution in [0.25, 0.3) is 0 Å². The van der Waals surface area contributed by atoms with Crippen LogP contribution in [0.15, 0.2) is 71.9 Å². The lowest BCUT2D eigenvalue weighted by Gasteiger charge is -2.11. The number of benzene rings is 2. The molecule has 1 heterocycles. The molecule has 0 saturated heterocycles. The number of amides is 1. The second-order valence-corrected chi connectivity index (χ2v) is 6.61. The van der Waals surface area contributed by atoms with E-state index in [0.717, 1.165) is 0 Å². The van der Waals surface area contributed by atoms with Crippen LogP contribution in [0.2, 0.25) is 0 Å². The number of nitrogens with one attached hydrogen (secondary N) is 1. The van der Waals surface area contributed by atoms with E-state index in [0.29, 0.717) is 17.0 Å². The average Bonchev–Trinajstić information content (AvgIpc) is 2.67. The third kappa shape index (κ3) is 5.50. The first kappa shape index (κ1) is 19.8. The van der Waals surface area contributed by atoms with E-state index in [1.807, 2.05) is 0 Å². The SMILES string of the molecule is O=C(Nc1cccc(OCc2cccc(F)c2)c1)c1cccnc1SC(F)F. The molecule has 8 heteroatoms. The van der Waals surface area contributed by atoms with Crippen LogP contribution in [-0.2, 0) is 6.61 Å². The molecule has 3 aromatic rings. The maximum Gasteiger partial charge on any atom is 0.290 e. The maximum absolute atomic E-state index is 13.2. The van der Waals surface area contributed by atoms with Crippen LogP contribution in [0, 0.1) is 5.82 Å². The molecule has 0 aliphatic carbocycles. The molecule has 0 atom stereocenters. The molecule has 0 radical (unpaired) electrons. The van der Waals surface area contributed by atoms with Crippen molar-refractivity contribution in [3.05, 3.63) is 83.8 Å². The number of pyridine rings is 1. The summed E-state index contributed by atoms with van der Waals surface area (Å²) in [6.07, 6.45) is 1.35. The summed E-state index contributed by atoms with van der Waals surface area (Å²) in [5.74, 6) is -3.12. The van der Waals surface area contributed by atoms with Crippen LogP contribution in [0.3, 0.4) is 0 Å². The Morgan fingerprint density at radius 1 is 1.11 bits per heavy atom. The normalized spacial score (nSPS) is 10.7. The number of hydrogen-bond donors (Lipinski definition) is 1. The number of rotatable bonds is 7. The van der Waals surface area contributed by atoms with Gasteiger partial charge in [-0.3, -0.25) is 4.79 Å². The number of carbonyl (C=O) groups is 1. The Bertz CT molecular complexity index is 969. The highest BCUT2D eigenvalue weighted by Crippen LogP contribution is 2.27. The van der Waals surface area contributed by atoms with Crippen molar-refractivity contribution in [2.75, 3.05) is 5.32 Å². The average molecular weight is 404 g/mol. The number of hydrogen-bond acceptors (Lipinski definition) is 4. The third-order valence-electron chi connectivity index (χ3n) is 3.60. The number of halogens is 3. The third-order valence-corrected chi connectivity index (χ3v) is 4.33. The van der Waals surface area contributed by atoms with E-state index in [1.165, 1.54) is 30.5 Å². The minimum Gasteiger partial charge on any atom is -0.489 e. The van der Waals surface area contributed by atoms with Gasteiger partial charge in [-0.1, -0.05) is 18.2 Å². The van der Waals surface area contributed by atoms with Crippen molar-refractivity contribution in [3.63, 3.8) is 0 Å². The topological polar surface area (TPSA) is 51.2 Å². The molecule has 144 valence electrons. The highest BCUT2D eigenvalue weighted by molar-refractivity contribution is 7.99. The summed E-state index contributed by atoms with van der Waals surface area (Å²) >= 11 is 0.213. The highest BCUT2D eigenvalue weighted by Gasteiger charge is 2.17. The Labute approximate surface area is 163 Å². The van der Waals surface area contributed by atoms with Crippen LogP contribution < -0.4 is 10.1 Å². The molecule has 1 aromatic heterocycles. The van der Waals surface area contributed by atoms with Crippen LogP contribution in [-0.4, -0.2) is 16.6 Å². The summed E-state index contributed by atoms with van der Waals surface area (Å²) in [7, 11) is 0. The van der Waals surface area contributed by atoms with Gasteiger partial charge in [0.05, 0.1) is 5.56 Å². The Morgan fingerprint density at radius 3 is 2.71 bits per heavy atom. The van der Waals surface area contributed by atoms with Gasteiger partial charge >= 0.3 is 0 Å². The molecular weight excluding hydrogens is 389 g/mol. The van der Waals surface area contributed by atoms with E-state index in [4.69, 9.17) is 4.74 Å². The zero-order valence-electron chi connectivity index (χ0n) is 14.4. The van der Waals surface area contributed by atoms with Crippen molar-refractivity contribution >= 4 is 23.4 Å². The smallest absolute Gasteiger partial charge is 0.290 e. The van der Waals surface area contributed by atoms with Crippen molar-refractivity contribution in [2.45, 2.75) is 17.4 Å². The van der Waals surface area contributed by atoms with Gasteiger partial charge in [-0.15, -0.1) is 0 Å². The molecule has 0 spiro atoms. The number of carbonyl (C=O) groups excluding carboxylic acids is 1. The lowest BCUT2D eigenvalue weighted by atomic mass is 10.2. The monoisotopic (exact) mass is 404 g/mol. The first-order chi connectivity index (χ1) is 13.5. The first-order valence-electron chi connectivity index (χ1n) is 8.20. The number of alkyl halides is 2. The number of nitrogens with zero attached hydrogens (tertiary/aromatic N) is 1. The standard InChI is InChI=1S/C20H15F3N2O2S/c21-14-5-1-4-13(10-14)12-27-16-7-2-6-15(11-16)25-18(26)17-8-3-9-24-19(17)28-20(22)23/h1-11,20H,12H2,(H,25,26). The molecule has 0 unspecified atom stereocenters. The minimum atomic E-state index is -2.68. The molecule has 0 aliphatic heterocycles. The first-order valence-corrected chi connectivity index (χ1v) is 9.08. The lowest BCUT2D eigenvalue weighted by molar-refractivity contribution is 0.102. The molecule has 1 N–H and O–H groups in total. The molecule has 3 rings (SSSR count). The number of ether oxygens (including phenoxy) is 1. The quantitative estimate of drug-likeness (QED) is 0.538. The van der Waals surface area contributed by atoms with Crippen molar-refractivity contribution < 1.29 is 22.7 Å². The van der Waals surface area contributed by atoms with Gasteiger partial charge in [-0.05, 0) is 53.7 Å². The molecule has 0 aliphatic rings. The van der Waals surface area contributed by atoms with E-state index in [9.17, 15) is 18.0 Å². The van der Waals surface area contributed by atoms with E-state index in [1.54, 1.807) is 36.4 Å². The molecular formula is C20H15F3N2O2S. The summed E-state index contributed by atoms with van der Waals surface area (Å²) in [6, 6.07) is 15.6. The molecule has 28 heavy (non-hydrogen) atoms. The Balaban J connectivity index is 1.68. The Hall–Kier alpha value is -3.00. The predicted octanol–water partition coefficient (Wildman–Crippen LogP) is 5.37. The van der Waals surface area contributed by atoms with Crippen LogP contribution in [0.4, 0.5) is 18.9 Å². The molecule has 0 bridgehead atoms. The van der Waals surface area contributed by atoms with Gasteiger partial charge in [0, 0.05) is 18.0 Å². The zero-order valence-corrected chi connectivity index (χ0v) is 15.3.